The maximum atomic E-state index is 11.7. The number of nitrogens with two attached hydrogens (primary N) is 1. The van der Waals surface area contributed by atoms with Gasteiger partial charge in [0.2, 0.25) is 5.91 Å². The molecule has 0 radical (unpaired) electrons. The summed E-state index contributed by atoms with van der Waals surface area (Å²) < 4.78 is 4.84. The number of hydrogen-bond acceptors (Lipinski definition) is 4. The fourth-order valence-corrected chi connectivity index (χ4v) is 1.38. The van der Waals surface area contributed by atoms with Crippen LogP contribution in [0.5, 0.6) is 0 Å². The van der Waals surface area contributed by atoms with Crippen molar-refractivity contribution in [3.05, 3.63) is 30.1 Å². The predicted molar refractivity (Wildman–Crippen MR) is 75.1 cm³/mol. The molecule has 0 aromatic carbocycles. The van der Waals surface area contributed by atoms with Gasteiger partial charge in [-0.05, 0) is 11.6 Å². The Kier molecular flexibility index (Phi) is 10.9. The van der Waals surface area contributed by atoms with E-state index < -0.39 is 6.04 Å². The monoisotopic (exact) mass is 295 g/mol. The van der Waals surface area contributed by atoms with Crippen LogP contribution in [-0.4, -0.2) is 42.6 Å². The number of aromatic nitrogens is 1. The van der Waals surface area contributed by atoms with Gasteiger partial charge in [-0.15, -0.1) is 24.8 Å². The Morgan fingerprint density at radius 1 is 1.56 bits per heavy atom. The highest BCUT2D eigenvalue weighted by atomic mass is 35.5. The highest BCUT2D eigenvalue weighted by Gasteiger charge is 2.17. The van der Waals surface area contributed by atoms with Crippen LogP contribution in [0.15, 0.2) is 24.5 Å². The van der Waals surface area contributed by atoms with Crippen LogP contribution in [0.2, 0.25) is 0 Å². The molecule has 1 atom stereocenters. The van der Waals surface area contributed by atoms with Gasteiger partial charge in [0.15, 0.2) is 0 Å². The average Bonchev–Trinajstić information content (AvgIpc) is 2.29. The third-order valence-corrected chi connectivity index (χ3v) is 2.18. The predicted octanol–water partition coefficient (Wildman–Crippen LogP) is 0.857. The third kappa shape index (κ3) is 6.16. The summed E-state index contributed by atoms with van der Waals surface area (Å²) in [5.41, 5.74) is 6.63. The lowest BCUT2D eigenvalue weighted by Gasteiger charge is -2.20. The first-order valence-electron chi connectivity index (χ1n) is 5.03. The van der Waals surface area contributed by atoms with E-state index in [-0.39, 0.29) is 37.3 Å². The van der Waals surface area contributed by atoms with Crippen molar-refractivity contribution in [2.24, 2.45) is 5.73 Å². The number of likely N-dealkylation sites (N-methyl/N-ethyl adjacent to an activating group) is 1. The van der Waals surface area contributed by atoms with Crippen molar-refractivity contribution in [3.8, 4) is 0 Å². The summed E-state index contributed by atoms with van der Waals surface area (Å²) in [4.78, 5) is 17.3. The third-order valence-electron chi connectivity index (χ3n) is 2.18. The maximum Gasteiger partial charge on any atom is 0.241 e. The molecule has 104 valence electrons. The minimum Gasteiger partial charge on any atom is -0.383 e. The Bertz CT molecular complexity index is 338. The van der Waals surface area contributed by atoms with Crippen molar-refractivity contribution in [1.82, 2.24) is 9.88 Å². The van der Waals surface area contributed by atoms with Crippen molar-refractivity contribution in [2.45, 2.75) is 12.6 Å². The number of hydrogen-bond donors (Lipinski definition) is 1. The molecule has 0 spiro atoms. The van der Waals surface area contributed by atoms with Crippen LogP contribution in [0.25, 0.3) is 0 Å². The molecule has 0 fully saturated rings. The number of halogens is 2. The fraction of sp³-hybridized carbons (Fsp3) is 0.455. The number of carbonyl (C=O) groups is 1. The van der Waals surface area contributed by atoms with E-state index in [1.807, 2.05) is 12.1 Å². The normalized spacial score (nSPS) is 10.8. The van der Waals surface area contributed by atoms with E-state index in [1.54, 1.807) is 24.3 Å². The van der Waals surface area contributed by atoms with E-state index in [0.717, 1.165) is 5.56 Å². The molecule has 1 rings (SSSR count). The molecule has 0 aliphatic carbocycles. The van der Waals surface area contributed by atoms with Crippen molar-refractivity contribution in [1.29, 1.82) is 0 Å². The number of methoxy groups -OCH3 is 1. The van der Waals surface area contributed by atoms with Crippen molar-refractivity contribution in [2.75, 3.05) is 20.8 Å². The number of rotatable bonds is 5. The van der Waals surface area contributed by atoms with Gasteiger partial charge in [0.1, 0.15) is 6.04 Å². The van der Waals surface area contributed by atoms with Crippen molar-refractivity contribution >= 4 is 30.7 Å². The van der Waals surface area contributed by atoms with E-state index in [1.165, 1.54) is 7.11 Å². The second-order valence-electron chi connectivity index (χ2n) is 3.62. The van der Waals surface area contributed by atoms with E-state index in [9.17, 15) is 4.79 Å². The summed E-state index contributed by atoms with van der Waals surface area (Å²) in [6, 6.07) is 3.15. The number of amides is 1. The molecule has 0 aliphatic heterocycles. The average molecular weight is 296 g/mol. The summed E-state index contributed by atoms with van der Waals surface area (Å²) in [6.45, 7) is 0.736. The van der Waals surface area contributed by atoms with Gasteiger partial charge in [0.05, 0.1) is 6.61 Å². The number of ether oxygens (including phenoxy) is 1. The molecule has 0 aliphatic rings. The summed E-state index contributed by atoms with van der Waals surface area (Å²) >= 11 is 0. The molecule has 0 bridgehead atoms. The lowest BCUT2D eigenvalue weighted by molar-refractivity contribution is -0.132. The molecule has 7 heteroatoms. The lowest BCUT2D eigenvalue weighted by Crippen LogP contribution is -2.44. The second-order valence-corrected chi connectivity index (χ2v) is 3.62. The number of carbonyl (C=O) groups excluding carboxylic acids is 1. The zero-order valence-electron chi connectivity index (χ0n) is 10.4. The standard InChI is InChI=1S/C11H17N3O2.2ClH/c1-14(11(15)10(12)8-16-2)7-9-4-3-5-13-6-9;;/h3-6,10H,7-8,12H2,1-2H3;2*1H. The van der Waals surface area contributed by atoms with Gasteiger partial charge in [-0.2, -0.15) is 0 Å². The molecule has 5 nitrogen and oxygen atoms in total. The Hall–Kier alpha value is -0.880. The SMILES string of the molecule is COCC(N)C(=O)N(C)Cc1cccnc1.Cl.Cl. The topological polar surface area (TPSA) is 68.5 Å². The second kappa shape index (κ2) is 10.1. The van der Waals surface area contributed by atoms with Gasteiger partial charge < -0.3 is 15.4 Å². The van der Waals surface area contributed by atoms with Gasteiger partial charge in [0.25, 0.3) is 0 Å². The largest absolute Gasteiger partial charge is 0.383 e. The molecule has 18 heavy (non-hydrogen) atoms. The van der Waals surface area contributed by atoms with Crippen LogP contribution >= 0.6 is 24.8 Å². The van der Waals surface area contributed by atoms with Gasteiger partial charge >= 0.3 is 0 Å². The molecule has 1 aromatic rings. The van der Waals surface area contributed by atoms with E-state index >= 15 is 0 Å². The van der Waals surface area contributed by atoms with Crippen LogP contribution < -0.4 is 5.73 Å². The van der Waals surface area contributed by atoms with Crippen LogP contribution in [-0.2, 0) is 16.1 Å². The van der Waals surface area contributed by atoms with E-state index in [0.29, 0.717) is 6.54 Å². The zero-order valence-corrected chi connectivity index (χ0v) is 12.0. The molecule has 1 aromatic heterocycles. The lowest BCUT2D eigenvalue weighted by atomic mass is 10.2. The van der Waals surface area contributed by atoms with Crippen LogP contribution in [0.4, 0.5) is 0 Å². The number of nitrogens with zero attached hydrogens (tertiary/aromatic N) is 2. The Morgan fingerprint density at radius 3 is 2.72 bits per heavy atom. The maximum absolute atomic E-state index is 11.7. The van der Waals surface area contributed by atoms with E-state index in [2.05, 4.69) is 4.98 Å². The first-order valence-corrected chi connectivity index (χ1v) is 5.03. The molecule has 1 unspecified atom stereocenters. The summed E-state index contributed by atoms with van der Waals surface area (Å²) in [6.07, 6.45) is 3.42. The van der Waals surface area contributed by atoms with Crippen LogP contribution in [0.1, 0.15) is 5.56 Å². The molecule has 1 heterocycles. The Labute approximate surface area is 120 Å². The van der Waals surface area contributed by atoms with Gasteiger partial charge in [-0.3, -0.25) is 9.78 Å². The molecular formula is C11H19Cl2N3O2. The van der Waals surface area contributed by atoms with Crippen LogP contribution in [0, 0.1) is 0 Å². The number of pyridine rings is 1. The highest BCUT2D eigenvalue weighted by Crippen LogP contribution is 2.02. The fourth-order valence-electron chi connectivity index (χ4n) is 1.38. The highest BCUT2D eigenvalue weighted by molar-refractivity contribution is 5.85. The van der Waals surface area contributed by atoms with Crippen molar-refractivity contribution in [3.63, 3.8) is 0 Å². The smallest absolute Gasteiger partial charge is 0.241 e. The minimum absolute atomic E-state index is 0. The zero-order chi connectivity index (χ0) is 12.0. The Morgan fingerprint density at radius 2 is 2.22 bits per heavy atom. The Balaban J connectivity index is 0. The minimum atomic E-state index is -0.605. The molecule has 0 saturated carbocycles. The van der Waals surface area contributed by atoms with Crippen LogP contribution in [0.3, 0.4) is 0 Å². The van der Waals surface area contributed by atoms with Gasteiger partial charge in [-0.25, -0.2) is 0 Å². The first kappa shape index (κ1) is 19.5. The first-order chi connectivity index (χ1) is 7.65. The van der Waals surface area contributed by atoms with Gasteiger partial charge in [0, 0.05) is 33.1 Å². The molecular weight excluding hydrogens is 277 g/mol. The molecule has 2 N–H and O–H groups in total. The van der Waals surface area contributed by atoms with E-state index in [4.69, 9.17) is 10.5 Å². The van der Waals surface area contributed by atoms with Gasteiger partial charge in [-0.1, -0.05) is 6.07 Å². The van der Waals surface area contributed by atoms with Crippen molar-refractivity contribution < 1.29 is 9.53 Å². The molecule has 1 amide bonds. The summed E-state index contributed by atoms with van der Waals surface area (Å²) in [5.74, 6) is -0.134. The molecule has 0 saturated heterocycles. The quantitative estimate of drug-likeness (QED) is 0.875. The summed E-state index contributed by atoms with van der Waals surface area (Å²) in [5, 5.41) is 0. The summed E-state index contributed by atoms with van der Waals surface area (Å²) in [7, 11) is 3.24.